The lowest BCUT2D eigenvalue weighted by atomic mass is 10.1. The van der Waals surface area contributed by atoms with Crippen molar-refractivity contribution >= 4 is 33.7 Å². The zero-order valence-corrected chi connectivity index (χ0v) is 17.0. The summed E-state index contributed by atoms with van der Waals surface area (Å²) in [5.41, 5.74) is 2.29. The summed E-state index contributed by atoms with van der Waals surface area (Å²) in [4.78, 5) is 29.0. The number of aromatic carboxylic acids is 2. The van der Waals surface area contributed by atoms with Crippen molar-refractivity contribution in [2.75, 3.05) is 0 Å². The average Bonchev–Trinajstić information content (AvgIpc) is 2.85. The molecule has 0 aliphatic carbocycles. The zero-order valence-electron chi connectivity index (χ0n) is 17.0. The van der Waals surface area contributed by atoms with Crippen molar-refractivity contribution in [3.05, 3.63) is 121 Å². The van der Waals surface area contributed by atoms with E-state index in [1.165, 1.54) is 35.0 Å². The van der Waals surface area contributed by atoms with Crippen LogP contribution in [-0.4, -0.2) is 32.1 Å². The largest absolute Gasteiger partial charge is 0.478 e. The topological polar surface area (TPSA) is 100 Å². The van der Waals surface area contributed by atoms with Gasteiger partial charge < -0.3 is 10.2 Å². The lowest BCUT2D eigenvalue weighted by molar-refractivity contribution is 0.0681. The van der Waals surface area contributed by atoms with Gasteiger partial charge in [0.2, 0.25) is 0 Å². The van der Waals surface area contributed by atoms with Crippen LogP contribution in [-0.2, 0) is 0 Å². The number of benzene rings is 3. The van der Waals surface area contributed by atoms with Gasteiger partial charge >= 0.3 is 11.9 Å². The molecule has 0 fully saturated rings. The minimum absolute atomic E-state index is 0.0833. The van der Waals surface area contributed by atoms with Gasteiger partial charge in [-0.25, -0.2) is 9.59 Å². The number of aromatic nitrogens is 2. The van der Waals surface area contributed by atoms with E-state index in [2.05, 4.69) is 34.2 Å². The van der Waals surface area contributed by atoms with E-state index in [1.54, 1.807) is 0 Å². The molecule has 32 heavy (non-hydrogen) atoms. The number of fused-ring (bicyclic) bond motifs is 2. The second-order valence-corrected chi connectivity index (χ2v) is 6.58. The molecule has 0 bridgehead atoms. The van der Waals surface area contributed by atoms with E-state index in [1.807, 2.05) is 60.9 Å². The van der Waals surface area contributed by atoms with Crippen LogP contribution < -0.4 is 0 Å². The van der Waals surface area contributed by atoms with Crippen LogP contribution in [0.3, 0.4) is 0 Å². The fraction of sp³-hybridized carbons (Fsp3) is 0. The molecule has 0 unspecified atom stereocenters. The van der Waals surface area contributed by atoms with Crippen LogP contribution in [0.2, 0.25) is 0 Å². The molecule has 0 atom stereocenters. The Morgan fingerprint density at radius 3 is 1.19 bits per heavy atom. The number of nitrogens with zero attached hydrogens (tertiary/aromatic N) is 2. The number of carbonyl (C=O) groups is 2. The highest BCUT2D eigenvalue weighted by Crippen LogP contribution is 2.09. The molecule has 0 saturated heterocycles. The van der Waals surface area contributed by atoms with Gasteiger partial charge in [-0.05, 0) is 48.5 Å². The highest BCUT2D eigenvalue weighted by molar-refractivity contribution is 5.91. The molecule has 0 spiro atoms. The molecule has 0 saturated carbocycles. The summed E-state index contributed by atoms with van der Waals surface area (Å²) in [5, 5.41) is 19.3. The standard InChI is InChI=1S/2C9H7N.C8H6O4/c2*1-2-6-9-8(4-1)5-3-7-10-9;9-7(10)5-1-2-6(4-3-5)8(11)12/h2*1-7H;1-4H,(H,9,10)(H,11,12). The number of hydrogen-bond donors (Lipinski definition) is 2. The van der Waals surface area contributed by atoms with Gasteiger partial charge in [0.15, 0.2) is 0 Å². The maximum absolute atomic E-state index is 10.3. The number of carboxylic acid groups (broad SMARTS) is 2. The maximum atomic E-state index is 10.3. The van der Waals surface area contributed by atoms with E-state index in [-0.39, 0.29) is 11.1 Å². The van der Waals surface area contributed by atoms with Gasteiger partial charge in [0.05, 0.1) is 22.2 Å². The quantitative estimate of drug-likeness (QED) is 0.385. The first-order chi connectivity index (χ1) is 15.5. The number of rotatable bonds is 2. The van der Waals surface area contributed by atoms with Gasteiger partial charge in [-0.2, -0.15) is 0 Å². The lowest BCUT2D eigenvalue weighted by Gasteiger charge is -1.94. The molecule has 2 heterocycles. The Bertz CT molecular complexity index is 1100. The molecule has 0 aliphatic heterocycles. The summed E-state index contributed by atoms with van der Waals surface area (Å²) in [5.74, 6) is -2.13. The summed E-state index contributed by atoms with van der Waals surface area (Å²) in [6, 6.07) is 29.2. The van der Waals surface area contributed by atoms with Crippen LogP contribution >= 0.6 is 0 Å². The van der Waals surface area contributed by atoms with Crippen molar-refractivity contribution < 1.29 is 19.8 Å². The number of carboxylic acids is 2. The average molecular weight is 424 g/mol. The highest BCUT2D eigenvalue weighted by Gasteiger charge is 2.04. The van der Waals surface area contributed by atoms with Crippen molar-refractivity contribution in [3.8, 4) is 0 Å². The number of hydrogen-bond acceptors (Lipinski definition) is 4. The maximum Gasteiger partial charge on any atom is 0.335 e. The fourth-order valence-electron chi connectivity index (χ4n) is 2.79. The first-order valence-corrected chi connectivity index (χ1v) is 9.71. The smallest absolute Gasteiger partial charge is 0.335 e. The fourth-order valence-corrected chi connectivity index (χ4v) is 2.79. The predicted octanol–water partition coefficient (Wildman–Crippen LogP) is 5.55. The first kappa shape index (κ1) is 22.1. The van der Waals surface area contributed by atoms with Crippen LogP contribution in [0.5, 0.6) is 0 Å². The van der Waals surface area contributed by atoms with Gasteiger partial charge in [-0.1, -0.05) is 48.5 Å². The van der Waals surface area contributed by atoms with Crippen molar-refractivity contribution in [1.29, 1.82) is 0 Å². The predicted molar refractivity (Wildman–Crippen MR) is 124 cm³/mol. The monoisotopic (exact) mass is 424 g/mol. The third-order valence-corrected chi connectivity index (χ3v) is 4.40. The molecule has 6 heteroatoms. The minimum Gasteiger partial charge on any atom is -0.478 e. The number of para-hydroxylation sites is 2. The lowest BCUT2D eigenvalue weighted by Crippen LogP contribution is -1.99. The van der Waals surface area contributed by atoms with Gasteiger partial charge in [-0.15, -0.1) is 0 Å². The summed E-state index contributed by atoms with van der Waals surface area (Å²) >= 11 is 0. The number of pyridine rings is 2. The molecule has 5 aromatic rings. The second-order valence-electron chi connectivity index (χ2n) is 6.58. The van der Waals surface area contributed by atoms with Crippen LogP contribution in [0.4, 0.5) is 0 Å². The summed E-state index contributed by atoms with van der Waals surface area (Å²) in [6.45, 7) is 0. The van der Waals surface area contributed by atoms with E-state index >= 15 is 0 Å². The van der Waals surface area contributed by atoms with Crippen molar-refractivity contribution in [2.45, 2.75) is 0 Å². The molecule has 3 aromatic carbocycles. The molecule has 5 rings (SSSR count). The highest BCUT2D eigenvalue weighted by atomic mass is 16.4. The van der Waals surface area contributed by atoms with E-state index in [4.69, 9.17) is 10.2 Å². The Kier molecular flexibility index (Phi) is 7.59. The first-order valence-electron chi connectivity index (χ1n) is 9.71. The minimum atomic E-state index is -1.06. The Hall–Kier alpha value is -4.58. The Morgan fingerprint density at radius 2 is 0.844 bits per heavy atom. The van der Waals surface area contributed by atoms with Crippen molar-refractivity contribution in [1.82, 2.24) is 9.97 Å². The second kappa shape index (κ2) is 11.0. The van der Waals surface area contributed by atoms with Crippen LogP contribution in [0.15, 0.2) is 109 Å². The molecule has 0 radical (unpaired) electrons. The van der Waals surface area contributed by atoms with E-state index < -0.39 is 11.9 Å². The Morgan fingerprint density at radius 1 is 0.500 bits per heavy atom. The Balaban J connectivity index is 0.000000136. The van der Waals surface area contributed by atoms with Crippen LogP contribution in [0.1, 0.15) is 20.7 Å². The van der Waals surface area contributed by atoms with Crippen LogP contribution in [0.25, 0.3) is 21.8 Å². The normalized spacial score (nSPS) is 9.75. The molecule has 2 aromatic heterocycles. The van der Waals surface area contributed by atoms with Gasteiger partial charge in [0, 0.05) is 23.2 Å². The van der Waals surface area contributed by atoms with Gasteiger partial charge in [0.25, 0.3) is 0 Å². The third kappa shape index (κ3) is 6.21. The third-order valence-electron chi connectivity index (χ3n) is 4.40. The summed E-state index contributed by atoms with van der Waals surface area (Å²) in [7, 11) is 0. The molecule has 2 N–H and O–H groups in total. The Labute approximate surface area is 184 Å². The molecule has 0 amide bonds. The SMILES string of the molecule is O=C(O)c1ccc(C(=O)O)cc1.c1ccc2ncccc2c1.c1ccc2ncccc2c1. The van der Waals surface area contributed by atoms with E-state index in [0.29, 0.717) is 0 Å². The van der Waals surface area contributed by atoms with Crippen molar-refractivity contribution in [3.63, 3.8) is 0 Å². The van der Waals surface area contributed by atoms with Crippen molar-refractivity contribution in [2.24, 2.45) is 0 Å². The molecule has 6 nitrogen and oxygen atoms in total. The van der Waals surface area contributed by atoms with E-state index in [0.717, 1.165) is 11.0 Å². The van der Waals surface area contributed by atoms with Crippen LogP contribution in [0, 0.1) is 0 Å². The summed E-state index contributed by atoms with van der Waals surface area (Å²) < 4.78 is 0. The zero-order chi connectivity index (χ0) is 22.8. The van der Waals surface area contributed by atoms with Gasteiger partial charge in [0.1, 0.15) is 0 Å². The summed E-state index contributed by atoms with van der Waals surface area (Å²) in [6.07, 6.45) is 3.62. The molecular weight excluding hydrogens is 404 g/mol. The molecule has 0 aliphatic rings. The van der Waals surface area contributed by atoms with E-state index in [9.17, 15) is 9.59 Å². The molecular formula is C26H20N2O4. The van der Waals surface area contributed by atoms with Gasteiger partial charge in [-0.3, -0.25) is 9.97 Å². The molecule has 158 valence electrons.